The number of methoxy groups -OCH3 is 1. The molecule has 4 rings (SSSR count). The molecule has 136 valence electrons. The minimum Gasteiger partial charge on any atom is -0.495 e. The second-order valence-electron chi connectivity index (χ2n) is 6.07. The Hall–Kier alpha value is -2.73. The van der Waals surface area contributed by atoms with Crippen LogP contribution < -0.4 is 20.3 Å². The summed E-state index contributed by atoms with van der Waals surface area (Å²) in [5.74, 6) is 2.14. The van der Waals surface area contributed by atoms with Crippen LogP contribution in [0.5, 0.6) is 5.75 Å². The van der Waals surface area contributed by atoms with Gasteiger partial charge in [-0.25, -0.2) is 4.98 Å². The van der Waals surface area contributed by atoms with Crippen molar-refractivity contribution in [2.75, 3.05) is 48.8 Å². The van der Waals surface area contributed by atoms with Gasteiger partial charge in [-0.1, -0.05) is 24.3 Å². The number of fused-ring (bicyclic) bond motifs is 1. The highest BCUT2D eigenvalue weighted by Gasteiger charge is 2.21. The van der Waals surface area contributed by atoms with Gasteiger partial charge in [-0.05, 0) is 24.3 Å². The number of anilines is 3. The summed E-state index contributed by atoms with van der Waals surface area (Å²) in [4.78, 5) is 13.7. The highest BCUT2D eigenvalue weighted by Crippen LogP contribution is 2.29. The number of benzene rings is 2. The largest absolute Gasteiger partial charge is 0.495 e. The first-order valence-electron chi connectivity index (χ1n) is 8.41. The lowest BCUT2D eigenvalue weighted by Crippen LogP contribution is -2.47. The van der Waals surface area contributed by atoms with Crippen molar-refractivity contribution in [1.82, 2.24) is 9.97 Å². The standard InChI is InChI=1S/C19H21N5O.ClH/c1-25-17-9-5-4-8-16(17)23-10-12-24(13-11-23)19-21-15-7-3-2-6-14(15)18(20)22-19;/h2-9H,10-13H2,1H3,(H2,20,21,22);1H. The number of aromatic nitrogens is 2. The third-order valence-electron chi connectivity index (χ3n) is 4.61. The van der Waals surface area contributed by atoms with Crippen LogP contribution in [0.4, 0.5) is 17.5 Å². The van der Waals surface area contributed by atoms with Gasteiger partial charge in [0.25, 0.3) is 0 Å². The van der Waals surface area contributed by atoms with Gasteiger partial charge in [0.15, 0.2) is 0 Å². The molecule has 26 heavy (non-hydrogen) atoms. The predicted molar refractivity (Wildman–Crippen MR) is 109 cm³/mol. The fraction of sp³-hybridized carbons (Fsp3) is 0.263. The van der Waals surface area contributed by atoms with Gasteiger partial charge in [0, 0.05) is 31.6 Å². The summed E-state index contributed by atoms with van der Waals surface area (Å²) in [7, 11) is 1.71. The topological polar surface area (TPSA) is 67.5 Å². The maximum Gasteiger partial charge on any atom is 0.228 e. The Balaban J connectivity index is 0.00000196. The summed E-state index contributed by atoms with van der Waals surface area (Å²) in [6, 6.07) is 16.0. The molecule has 0 radical (unpaired) electrons. The van der Waals surface area contributed by atoms with E-state index in [1.54, 1.807) is 7.11 Å². The van der Waals surface area contributed by atoms with Crippen molar-refractivity contribution in [3.8, 4) is 5.75 Å². The molecule has 2 N–H and O–H groups in total. The van der Waals surface area contributed by atoms with Gasteiger partial charge >= 0.3 is 0 Å². The van der Waals surface area contributed by atoms with Crippen LogP contribution in [0.2, 0.25) is 0 Å². The zero-order chi connectivity index (χ0) is 17.2. The molecule has 0 spiro atoms. The molecule has 2 aromatic carbocycles. The lowest BCUT2D eigenvalue weighted by atomic mass is 10.2. The van der Waals surface area contributed by atoms with Crippen LogP contribution in [0.3, 0.4) is 0 Å². The van der Waals surface area contributed by atoms with E-state index < -0.39 is 0 Å². The van der Waals surface area contributed by atoms with Crippen molar-refractivity contribution in [1.29, 1.82) is 0 Å². The van der Waals surface area contributed by atoms with Crippen LogP contribution >= 0.6 is 12.4 Å². The van der Waals surface area contributed by atoms with E-state index in [0.717, 1.165) is 48.5 Å². The summed E-state index contributed by atoms with van der Waals surface area (Å²) in [5.41, 5.74) is 8.13. The normalized spacial score (nSPS) is 14.2. The Morgan fingerprint density at radius 3 is 2.31 bits per heavy atom. The molecule has 0 unspecified atom stereocenters. The average molecular weight is 372 g/mol. The number of ether oxygens (including phenoxy) is 1. The quantitative estimate of drug-likeness (QED) is 0.763. The van der Waals surface area contributed by atoms with E-state index in [0.29, 0.717) is 11.8 Å². The maximum atomic E-state index is 6.12. The SMILES string of the molecule is COc1ccccc1N1CCN(c2nc(N)c3ccccc3n2)CC1.Cl. The molecular weight excluding hydrogens is 350 g/mol. The second kappa shape index (κ2) is 7.66. The Morgan fingerprint density at radius 1 is 0.885 bits per heavy atom. The molecule has 0 aliphatic carbocycles. The molecule has 0 atom stereocenters. The minimum absolute atomic E-state index is 0. The molecule has 1 aromatic heterocycles. The van der Waals surface area contributed by atoms with Crippen LogP contribution in [0.15, 0.2) is 48.5 Å². The summed E-state index contributed by atoms with van der Waals surface area (Å²) in [6.45, 7) is 3.46. The van der Waals surface area contributed by atoms with E-state index in [2.05, 4.69) is 25.8 Å². The van der Waals surface area contributed by atoms with Crippen LogP contribution in [-0.2, 0) is 0 Å². The van der Waals surface area contributed by atoms with Gasteiger partial charge < -0.3 is 20.3 Å². The molecule has 1 aliphatic heterocycles. The van der Waals surface area contributed by atoms with E-state index in [-0.39, 0.29) is 12.4 Å². The van der Waals surface area contributed by atoms with E-state index in [9.17, 15) is 0 Å². The van der Waals surface area contributed by atoms with E-state index in [4.69, 9.17) is 10.5 Å². The zero-order valence-electron chi connectivity index (χ0n) is 14.6. The highest BCUT2D eigenvalue weighted by atomic mass is 35.5. The van der Waals surface area contributed by atoms with Crippen LogP contribution in [-0.4, -0.2) is 43.3 Å². The highest BCUT2D eigenvalue weighted by molar-refractivity contribution is 5.88. The lowest BCUT2D eigenvalue weighted by molar-refractivity contribution is 0.413. The van der Waals surface area contributed by atoms with E-state index in [1.807, 2.05) is 42.5 Å². The molecule has 1 fully saturated rings. The van der Waals surface area contributed by atoms with Gasteiger partial charge in [0.05, 0.1) is 18.3 Å². The fourth-order valence-electron chi connectivity index (χ4n) is 3.27. The average Bonchev–Trinajstić information content (AvgIpc) is 2.68. The van der Waals surface area contributed by atoms with E-state index in [1.165, 1.54) is 0 Å². The number of hydrogen-bond acceptors (Lipinski definition) is 6. The summed E-state index contributed by atoms with van der Waals surface area (Å²) >= 11 is 0. The molecular formula is C19H22ClN5O. The molecule has 6 nitrogen and oxygen atoms in total. The first-order chi connectivity index (χ1) is 12.3. The first-order valence-corrected chi connectivity index (χ1v) is 8.41. The number of piperazine rings is 1. The molecule has 3 aromatic rings. The van der Waals surface area contributed by atoms with Gasteiger partial charge in [0.2, 0.25) is 5.95 Å². The second-order valence-corrected chi connectivity index (χ2v) is 6.07. The fourth-order valence-corrected chi connectivity index (χ4v) is 3.27. The van der Waals surface area contributed by atoms with Crippen molar-refractivity contribution < 1.29 is 4.74 Å². The molecule has 1 aliphatic rings. The number of para-hydroxylation sites is 3. The molecule has 0 saturated carbocycles. The number of nitrogens with two attached hydrogens (primary N) is 1. The molecule has 0 bridgehead atoms. The van der Waals surface area contributed by atoms with E-state index >= 15 is 0 Å². The summed E-state index contributed by atoms with van der Waals surface area (Å²) in [5, 5.41) is 0.902. The van der Waals surface area contributed by atoms with Crippen LogP contribution in [0.25, 0.3) is 10.9 Å². The Bertz CT molecular complexity index is 896. The maximum absolute atomic E-state index is 6.12. The van der Waals surface area contributed by atoms with Gasteiger partial charge in [-0.15, -0.1) is 12.4 Å². The lowest BCUT2D eigenvalue weighted by Gasteiger charge is -2.36. The summed E-state index contributed by atoms with van der Waals surface area (Å²) in [6.07, 6.45) is 0. The predicted octanol–water partition coefficient (Wildman–Crippen LogP) is 2.97. The van der Waals surface area contributed by atoms with Crippen molar-refractivity contribution in [3.05, 3.63) is 48.5 Å². The van der Waals surface area contributed by atoms with Crippen molar-refractivity contribution in [3.63, 3.8) is 0 Å². The van der Waals surface area contributed by atoms with Gasteiger partial charge in [-0.2, -0.15) is 4.98 Å². The van der Waals surface area contributed by atoms with Gasteiger partial charge in [-0.3, -0.25) is 0 Å². The minimum atomic E-state index is 0. The van der Waals surface area contributed by atoms with Crippen molar-refractivity contribution >= 4 is 40.8 Å². The monoisotopic (exact) mass is 371 g/mol. The van der Waals surface area contributed by atoms with Gasteiger partial charge in [0.1, 0.15) is 11.6 Å². The molecule has 0 amide bonds. The van der Waals surface area contributed by atoms with Crippen LogP contribution in [0, 0.1) is 0 Å². The number of rotatable bonds is 3. The molecule has 1 saturated heterocycles. The Morgan fingerprint density at radius 2 is 1.54 bits per heavy atom. The third-order valence-corrected chi connectivity index (χ3v) is 4.61. The number of nitrogens with zero attached hydrogens (tertiary/aromatic N) is 4. The third kappa shape index (κ3) is 3.32. The van der Waals surface area contributed by atoms with Crippen molar-refractivity contribution in [2.24, 2.45) is 0 Å². The number of nitrogen functional groups attached to an aromatic ring is 1. The zero-order valence-corrected chi connectivity index (χ0v) is 15.4. The summed E-state index contributed by atoms with van der Waals surface area (Å²) < 4.78 is 5.48. The van der Waals surface area contributed by atoms with Crippen LogP contribution in [0.1, 0.15) is 0 Å². The smallest absolute Gasteiger partial charge is 0.228 e. The Kier molecular flexibility index (Phi) is 5.32. The Labute approximate surface area is 159 Å². The number of hydrogen-bond donors (Lipinski definition) is 1. The van der Waals surface area contributed by atoms with Crippen molar-refractivity contribution in [2.45, 2.75) is 0 Å². The molecule has 2 heterocycles. The number of halogens is 1. The molecule has 7 heteroatoms. The first kappa shape index (κ1) is 18.1.